The summed E-state index contributed by atoms with van der Waals surface area (Å²) in [4.78, 5) is 0.241. The highest BCUT2D eigenvalue weighted by atomic mass is 35.5. The van der Waals surface area contributed by atoms with Crippen LogP contribution in [0.2, 0.25) is 5.02 Å². The third kappa shape index (κ3) is 4.19. The van der Waals surface area contributed by atoms with Crippen molar-refractivity contribution in [2.45, 2.75) is 43.6 Å². The maximum Gasteiger partial charge on any atom is 0.242 e. The van der Waals surface area contributed by atoms with Gasteiger partial charge in [-0.25, -0.2) is 12.7 Å². The van der Waals surface area contributed by atoms with Crippen LogP contribution in [0.4, 0.5) is 0 Å². The zero-order valence-corrected chi connectivity index (χ0v) is 14.1. The molecule has 0 saturated carbocycles. The Bertz CT molecular complexity index is 583. The van der Waals surface area contributed by atoms with E-state index in [-0.39, 0.29) is 11.0 Å². The molecule has 1 atom stereocenters. The van der Waals surface area contributed by atoms with Crippen LogP contribution in [-0.2, 0) is 14.8 Å². The molecule has 0 amide bonds. The van der Waals surface area contributed by atoms with Gasteiger partial charge < -0.3 is 4.74 Å². The van der Waals surface area contributed by atoms with E-state index in [4.69, 9.17) is 16.3 Å². The fourth-order valence-electron chi connectivity index (χ4n) is 2.40. The van der Waals surface area contributed by atoms with Gasteiger partial charge >= 0.3 is 0 Å². The van der Waals surface area contributed by atoms with Crippen molar-refractivity contribution in [2.24, 2.45) is 0 Å². The normalized spacial score (nSPS) is 19.9. The number of hydrogen-bond acceptors (Lipinski definition) is 3. The summed E-state index contributed by atoms with van der Waals surface area (Å²) in [6, 6.07) is 4.84. The Balaban J connectivity index is 2.02. The molecule has 1 aromatic rings. The predicted molar refractivity (Wildman–Crippen MR) is 84.2 cm³/mol. The van der Waals surface area contributed by atoms with Gasteiger partial charge in [0.15, 0.2) is 0 Å². The number of rotatable bonds is 5. The molecule has 1 fully saturated rings. The fourth-order valence-corrected chi connectivity index (χ4v) is 3.85. The smallest absolute Gasteiger partial charge is 0.242 e. The summed E-state index contributed by atoms with van der Waals surface area (Å²) in [5, 5.41) is 0.472. The second-order valence-electron chi connectivity index (χ2n) is 5.51. The van der Waals surface area contributed by atoms with E-state index in [1.54, 1.807) is 19.2 Å². The van der Waals surface area contributed by atoms with Crippen molar-refractivity contribution in [1.82, 2.24) is 4.31 Å². The predicted octanol–water partition coefficient (Wildman–Crippen LogP) is 3.23. The summed E-state index contributed by atoms with van der Waals surface area (Å²) in [5.74, 6) is 0. The van der Waals surface area contributed by atoms with E-state index in [2.05, 4.69) is 0 Å². The number of ether oxygens (including phenoxy) is 1. The van der Waals surface area contributed by atoms with Gasteiger partial charge in [0, 0.05) is 25.2 Å². The van der Waals surface area contributed by atoms with Gasteiger partial charge in [0.1, 0.15) is 0 Å². The molecule has 1 aromatic carbocycles. The maximum absolute atomic E-state index is 12.5. The minimum absolute atomic E-state index is 0.179. The van der Waals surface area contributed by atoms with E-state index < -0.39 is 10.0 Å². The molecule has 1 saturated heterocycles. The largest absolute Gasteiger partial charge is 0.378 e. The highest BCUT2D eigenvalue weighted by Crippen LogP contribution is 2.23. The van der Waals surface area contributed by atoms with Crippen LogP contribution in [0.15, 0.2) is 23.1 Å². The summed E-state index contributed by atoms with van der Waals surface area (Å²) in [7, 11) is -1.88. The standard InChI is InChI=1S/C15H22ClNO3S/c1-12-6-7-14(11-15(12)16)21(18,19)17(2)9-8-13-5-3-4-10-20-13/h6-7,11,13H,3-5,8-10H2,1-2H3. The van der Waals surface area contributed by atoms with Crippen molar-refractivity contribution in [3.05, 3.63) is 28.8 Å². The molecule has 0 radical (unpaired) electrons. The van der Waals surface area contributed by atoms with E-state index in [0.29, 0.717) is 11.6 Å². The Kier molecular flexibility index (Phi) is 5.66. The van der Waals surface area contributed by atoms with Gasteiger partial charge in [0.25, 0.3) is 0 Å². The van der Waals surface area contributed by atoms with E-state index in [1.165, 1.54) is 10.4 Å². The molecule has 2 rings (SSSR count). The number of benzene rings is 1. The molecular formula is C15H22ClNO3S. The van der Waals surface area contributed by atoms with Crippen molar-refractivity contribution >= 4 is 21.6 Å². The minimum atomic E-state index is -3.49. The molecule has 21 heavy (non-hydrogen) atoms. The number of nitrogens with zero attached hydrogens (tertiary/aromatic N) is 1. The van der Waals surface area contributed by atoms with Gasteiger partial charge in [-0.1, -0.05) is 17.7 Å². The Morgan fingerprint density at radius 1 is 1.38 bits per heavy atom. The number of aryl methyl sites for hydroxylation is 1. The molecule has 6 heteroatoms. The van der Waals surface area contributed by atoms with Crippen LogP contribution >= 0.6 is 11.6 Å². The molecule has 0 bridgehead atoms. The summed E-state index contributed by atoms with van der Waals surface area (Å²) in [6.45, 7) is 3.09. The lowest BCUT2D eigenvalue weighted by molar-refractivity contribution is 0.00950. The van der Waals surface area contributed by atoms with Crippen LogP contribution in [0.1, 0.15) is 31.2 Å². The molecule has 1 heterocycles. The zero-order valence-electron chi connectivity index (χ0n) is 12.5. The molecule has 0 aromatic heterocycles. The first kappa shape index (κ1) is 16.7. The molecule has 1 aliphatic rings. The van der Waals surface area contributed by atoms with Crippen LogP contribution in [0, 0.1) is 6.92 Å². The molecule has 1 aliphatic heterocycles. The van der Waals surface area contributed by atoms with E-state index in [0.717, 1.165) is 37.9 Å². The lowest BCUT2D eigenvalue weighted by atomic mass is 10.1. The van der Waals surface area contributed by atoms with E-state index >= 15 is 0 Å². The summed E-state index contributed by atoms with van der Waals surface area (Å²) < 4.78 is 32.0. The zero-order chi connectivity index (χ0) is 15.5. The first-order valence-corrected chi connectivity index (χ1v) is 9.07. The Morgan fingerprint density at radius 2 is 2.14 bits per heavy atom. The second kappa shape index (κ2) is 7.09. The van der Waals surface area contributed by atoms with Gasteiger partial charge in [-0.05, 0) is 50.3 Å². The minimum Gasteiger partial charge on any atom is -0.378 e. The molecule has 0 N–H and O–H groups in total. The average molecular weight is 332 g/mol. The second-order valence-corrected chi connectivity index (χ2v) is 7.97. The maximum atomic E-state index is 12.5. The Hall–Kier alpha value is -0.620. The monoisotopic (exact) mass is 331 g/mol. The van der Waals surface area contributed by atoms with Crippen LogP contribution in [0.3, 0.4) is 0 Å². The average Bonchev–Trinajstić information content (AvgIpc) is 2.48. The number of sulfonamides is 1. The van der Waals surface area contributed by atoms with Gasteiger partial charge in [-0.3, -0.25) is 0 Å². The highest BCUT2D eigenvalue weighted by Gasteiger charge is 2.23. The lowest BCUT2D eigenvalue weighted by Crippen LogP contribution is -2.31. The van der Waals surface area contributed by atoms with E-state index in [1.807, 2.05) is 6.92 Å². The van der Waals surface area contributed by atoms with Crippen molar-refractivity contribution in [3.63, 3.8) is 0 Å². The first-order valence-electron chi connectivity index (χ1n) is 7.25. The van der Waals surface area contributed by atoms with Crippen molar-refractivity contribution in [2.75, 3.05) is 20.2 Å². The molecule has 0 spiro atoms. The molecule has 4 nitrogen and oxygen atoms in total. The molecule has 1 unspecified atom stereocenters. The third-order valence-electron chi connectivity index (χ3n) is 3.89. The topological polar surface area (TPSA) is 46.6 Å². The SMILES string of the molecule is Cc1ccc(S(=O)(=O)N(C)CCC2CCCCO2)cc1Cl. The summed E-state index contributed by atoms with van der Waals surface area (Å²) in [6.07, 6.45) is 4.19. The number of hydrogen-bond donors (Lipinski definition) is 0. The van der Waals surface area contributed by atoms with Crippen molar-refractivity contribution in [3.8, 4) is 0 Å². The van der Waals surface area contributed by atoms with Crippen molar-refractivity contribution in [1.29, 1.82) is 0 Å². The van der Waals surface area contributed by atoms with Crippen LogP contribution < -0.4 is 0 Å². The molecule has 118 valence electrons. The van der Waals surface area contributed by atoms with Crippen LogP contribution in [0.5, 0.6) is 0 Å². The third-order valence-corrected chi connectivity index (χ3v) is 6.15. The summed E-state index contributed by atoms with van der Waals surface area (Å²) >= 11 is 6.02. The molecular weight excluding hydrogens is 310 g/mol. The van der Waals surface area contributed by atoms with Crippen molar-refractivity contribution < 1.29 is 13.2 Å². The fraction of sp³-hybridized carbons (Fsp3) is 0.600. The molecule has 0 aliphatic carbocycles. The number of halogens is 1. The van der Waals surface area contributed by atoms with Crippen LogP contribution in [-0.4, -0.2) is 39.0 Å². The van der Waals surface area contributed by atoms with Gasteiger partial charge in [-0.15, -0.1) is 0 Å². The highest BCUT2D eigenvalue weighted by molar-refractivity contribution is 7.89. The quantitative estimate of drug-likeness (QED) is 0.832. The van der Waals surface area contributed by atoms with Crippen LogP contribution in [0.25, 0.3) is 0 Å². The van der Waals surface area contributed by atoms with Gasteiger partial charge in [0.05, 0.1) is 11.0 Å². The van der Waals surface area contributed by atoms with Gasteiger partial charge in [0.2, 0.25) is 10.0 Å². The summed E-state index contributed by atoms with van der Waals surface area (Å²) in [5.41, 5.74) is 0.869. The first-order chi connectivity index (χ1) is 9.91. The Morgan fingerprint density at radius 3 is 2.76 bits per heavy atom. The van der Waals surface area contributed by atoms with E-state index in [9.17, 15) is 8.42 Å². The lowest BCUT2D eigenvalue weighted by Gasteiger charge is -2.25. The van der Waals surface area contributed by atoms with Gasteiger partial charge in [-0.2, -0.15) is 0 Å². The Labute approximate surface area is 132 Å².